The molecule has 22 heavy (non-hydrogen) atoms. The molecular formula is C18H29N3O. The van der Waals surface area contributed by atoms with Crippen molar-refractivity contribution in [1.29, 1.82) is 0 Å². The lowest BCUT2D eigenvalue weighted by Crippen LogP contribution is -2.49. The number of anilines is 1. The third-order valence-electron chi connectivity index (χ3n) is 4.85. The van der Waals surface area contributed by atoms with Gasteiger partial charge in [-0.15, -0.1) is 0 Å². The zero-order valence-electron chi connectivity index (χ0n) is 14.3. The lowest BCUT2D eigenvalue weighted by molar-refractivity contribution is -0.118. The predicted molar refractivity (Wildman–Crippen MR) is 90.9 cm³/mol. The fraction of sp³-hybridized carbons (Fsp3) is 0.667. The molecule has 4 heteroatoms. The highest BCUT2D eigenvalue weighted by Crippen LogP contribution is 2.23. The molecule has 1 aromatic rings. The zero-order valence-corrected chi connectivity index (χ0v) is 14.3. The van der Waals surface area contributed by atoms with E-state index in [0.717, 1.165) is 37.3 Å². The van der Waals surface area contributed by atoms with E-state index in [2.05, 4.69) is 30.7 Å². The molecule has 2 rings (SSSR count). The molecule has 1 fully saturated rings. The minimum absolute atomic E-state index is 0.142. The summed E-state index contributed by atoms with van der Waals surface area (Å²) >= 11 is 0. The molecule has 0 bridgehead atoms. The number of rotatable bonds is 5. The van der Waals surface area contributed by atoms with Crippen LogP contribution in [0.5, 0.6) is 0 Å². The normalized spacial score (nSPS) is 24.0. The maximum Gasteiger partial charge on any atom is 0.228 e. The van der Waals surface area contributed by atoms with Gasteiger partial charge in [-0.05, 0) is 43.9 Å². The standard InChI is InChI=1S/C18H29N3O/c1-5-18(22)21(17-8-6-7-10-19-17)16(4)13-20-11-9-14(2)15(3)12-20/h6-8,10,14-16H,5,9,11-13H2,1-4H3/t14-,15-,16?/m0/s1. The van der Waals surface area contributed by atoms with Crippen molar-refractivity contribution in [1.82, 2.24) is 9.88 Å². The van der Waals surface area contributed by atoms with Crippen LogP contribution in [0.25, 0.3) is 0 Å². The lowest BCUT2D eigenvalue weighted by atomic mass is 9.88. The number of piperidine rings is 1. The molecule has 2 heterocycles. The van der Waals surface area contributed by atoms with Gasteiger partial charge in [0.1, 0.15) is 5.82 Å². The second-order valence-corrected chi connectivity index (χ2v) is 6.66. The van der Waals surface area contributed by atoms with Crippen LogP contribution in [0.3, 0.4) is 0 Å². The number of aromatic nitrogens is 1. The quantitative estimate of drug-likeness (QED) is 0.838. The molecule has 3 atom stereocenters. The maximum absolute atomic E-state index is 12.4. The van der Waals surface area contributed by atoms with Crippen LogP contribution in [0.4, 0.5) is 5.82 Å². The molecule has 1 saturated heterocycles. The number of carbonyl (C=O) groups is 1. The molecule has 0 aromatic carbocycles. The van der Waals surface area contributed by atoms with Crippen LogP contribution in [-0.2, 0) is 4.79 Å². The second-order valence-electron chi connectivity index (χ2n) is 6.66. The summed E-state index contributed by atoms with van der Waals surface area (Å²) in [7, 11) is 0. The largest absolute Gasteiger partial charge is 0.301 e. The summed E-state index contributed by atoms with van der Waals surface area (Å²) < 4.78 is 0. The number of nitrogens with zero attached hydrogens (tertiary/aromatic N) is 3. The molecule has 1 unspecified atom stereocenters. The van der Waals surface area contributed by atoms with Gasteiger partial charge in [0.25, 0.3) is 0 Å². The van der Waals surface area contributed by atoms with Crippen molar-refractivity contribution in [3.63, 3.8) is 0 Å². The van der Waals surface area contributed by atoms with Crippen molar-refractivity contribution in [3.05, 3.63) is 24.4 Å². The number of hydrogen-bond acceptors (Lipinski definition) is 3. The average Bonchev–Trinajstić information content (AvgIpc) is 2.52. The van der Waals surface area contributed by atoms with E-state index >= 15 is 0 Å². The smallest absolute Gasteiger partial charge is 0.228 e. The highest BCUT2D eigenvalue weighted by molar-refractivity contribution is 5.92. The van der Waals surface area contributed by atoms with E-state index in [0.29, 0.717) is 6.42 Å². The van der Waals surface area contributed by atoms with E-state index in [1.807, 2.05) is 30.0 Å². The highest BCUT2D eigenvalue weighted by Gasteiger charge is 2.27. The Bertz CT molecular complexity index is 476. The van der Waals surface area contributed by atoms with Gasteiger partial charge < -0.3 is 4.90 Å². The van der Waals surface area contributed by atoms with E-state index in [9.17, 15) is 4.79 Å². The summed E-state index contributed by atoms with van der Waals surface area (Å²) in [6, 6.07) is 5.89. The number of amides is 1. The van der Waals surface area contributed by atoms with Gasteiger partial charge in [0.15, 0.2) is 0 Å². The van der Waals surface area contributed by atoms with E-state index in [4.69, 9.17) is 0 Å². The summed E-state index contributed by atoms with van der Waals surface area (Å²) in [6.07, 6.45) is 3.51. The van der Waals surface area contributed by atoms with Crippen molar-refractivity contribution < 1.29 is 4.79 Å². The van der Waals surface area contributed by atoms with Crippen molar-refractivity contribution in [2.45, 2.75) is 46.6 Å². The number of likely N-dealkylation sites (tertiary alicyclic amines) is 1. The minimum atomic E-state index is 0.142. The Labute approximate surface area is 134 Å². The Morgan fingerprint density at radius 1 is 1.41 bits per heavy atom. The molecular weight excluding hydrogens is 274 g/mol. The van der Waals surface area contributed by atoms with Crippen molar-refractivity contribution in [2.24, 2.45) is 11.8 Å². The van der Waals surface area contributed by atoms with Crippen LogP contribution in [-0.4, -0.2) is 41.5 Å². The second kappa shape index (κ2) is 7.73. The highest BCUT2D eigenvalue weighted by atomic mass is 16.2. The SMILES string of the molecule is CCC(=O)N(c1ccccn1)C(C)CN1CC[C@H](C)[C@@H](C)C1. The first-order chi connectivity index (χ1) is 10.5. The topological polar surface area (TPSA) is 36.4 Å². The van der Waals surface area contributed by atoms with Crippen LogP contribution in [0.1, 0.15) is 40.5 Å². The Balaban J connectivity index is 2.06. The van der Waals surface area contributed by atoms with Crippen LogP contribution in [0, 0.1) is 11.8 Å². The molecule has 0 aliphatic carbocycles. The minimum Gasteiger partial charge on any atom is -0.301 e. The monoisotopic (exact) mass is 303 g/mol. The zero-order chi connectivity index (χ0) is 16.1. The summed E-state index contributed by atoms with van der Waals surface area (Å²) in [4.78, 5) is 21.1. The molecule has 1 amide bonds. The van der Waals surface area contributed by atoms with E-state index < -0.39 is 0 Å². The molecule has 1 aliphatic heterocycles. The third-order valence-corrected chi connectivity index (χ3v) is 4.85. The molecule has 1 aliphatic rings. The Morgan fingerprint density at radius 3 is 2.77 bits per heavy atom. The van der Waals surface area contributed by atoms with E-state index in [1.165, 1.54) is 6.42 Å². The first kappa shape index (κ1) is 16.9. The van der Waals surface area contributed by atoms with Crippen LogP contribution in [0.15, 0.2) is 24.4 Å². The van der Waals surface area contributed by atoms with Crippen LogP contribution in [0.2, 0.25) is 0 Å². The maximum atomic E-state index is 12.4. The van der Waals surface area contributed by atoms with Crippen molar-refractivity contribution in [3.8, 4) is 0 Å². The van der Waals surface area contributed by atoms with Gasteiger partial charge in [0.2, 0.25) is 5.91 Å². The number of carbonyl (C=O) groups excluding carboxylic acids is 1. The fourth-order valence-corrected chi connectivity index (χ4v) is 3.24. The van der Waals surface area contributed by atoms with Crippen LogP contribution < -0.4 is 4.90 Å². The van der Waals surface area contributed by atoms with Gasteiger partial charge in [-0.2, -0.15) is 0 Å². The van der Waals surface area contributed by atoms with Gasteiger partial charge in [-0.1, -0.05) is 26.8 Å². The Kier molecular flexibility index (Phi) is 5.95. The van der Waals surface area contributed by atoms with Gasteiger partial charge in [0.05, 0.1) is 0 Å². The molecule has 1 aromatic heterocycles. The molecule has 0 spiro atoms. The Morgan fingerprint density at radius 2 is 2.18 bits per heavy atom. The summed E-state index contributed by atoms with van der Waals surface area (Å²) in [5, 5.41) is 0. The van der Waals surface area contributed by atoms with E-state index in [-0.39, 0.29) is 11.9 Å². The number of pyridine rings is 1. The first-order valence-corrected chi connectivity index (χ1v) is 8.48. The molecule has 0 saturated carbocycles. The van der Waals surface area contributed by atoms with Gasteiger partial charge >= 0.3 is 0 Å². The molecule has 0 radical (unpaired) electrons. The van der Waals surface area contributed by atoms with Crippen molar-refractivity contribution >= 4 is 11.7 Å². The summed E-state index contributed by atoms with van der Waals surface area (Å²) in [6.45, 7) is 11.9. The summed E-state index contributed by atoms with van der Waals surface area (Å²) in [5.74, 6) is 2.44. The Hall–Kier alpha value is -1.42. The molecule has 122 valence electrons. The lowest BCUT2D eigenvalue weighted by Gasteiger charge is -2.38. The molecule has 4 nitrogen and oxygen atoms in total. The van der Waals surface area contributed by atoms with E-state index in [1.54, 1.807) is 6.20 Å². The third kappa shape index (κ3) is 4.07. The molecule has 0 N–H and O–H groups in total. The predicted octanol–water partition coefficient (Wildman–Crippen LogP) is 3.19. The summed E-state index contributed by atoms with van der Waals surface area (Å²) in [5.41, 5.74) is 0. The first-order valence-electron chi connectivity index (χ1n) is 8.48. The fourth-order valence-electron chi connectivity index (χ4n) is 3.24. The van der Waals surface area contributed by atoms with Crippen molar-refractivity contribution in [2.75, 3.05) is 24.5 Å². The van der Waals surface area contributed by atoms with Crippen LogP contribution >= 0.6 is 0 Å². The van der Waals surface area contributed by atoms with Gasteiger partial charge in [0, 0.05) is 31.7 Å². The van der Waals surface area contributed by atoms with Gasteiger partial charge in [-0.3, -0.25) is 9.69 Å². The average molecular weight is 303 g/mol. The number of hydrogen-bond donors (Lipinski definition) is 0. The van der Waals surface area contributed by atoms with Gasteiger partial charge in [-0.25, -0.2) is 4.98 Å².